The lowest BCUT2D eigenvalue weighted by molar-refractivity contribution is -0.163. The van der Waals surface area contributed by atoms with E-state index in [0.29, 0.717) is 19.4 Å². The summed E-state index contributed by atoms with van der Waals surface area (Å²) in [5.74, 6) is -0.478. The van der Waals surface area contributed by atoms with Crippen LogP contribution >= 0.6 is 0 Å². The molecule has 0 fully saturated rings. The average molecular weight is 863 g/mol. The van der Waals surface area contributed by atoms with Crippen LogP contribution in [0.5, 0.6) is 0 Å². The smallest absolute Gasteiger partial charge is 0.306 e. The van der Waals surface area contributed by atoms with Crippen molar-refractivity contribution in [1.82, 2.24) is 0 Å². The quantitative estimate of drug-likeness (QED) is 0.0346. The Bertz CT molecular complexity index is 1160. The molecule has 1 atom stereocenters. The van der Waals surface area contributed by atoms with Gasteiger partial charge in [0.05, 0.1) is 6.61 Å². The third kappa shape index (κ3) is 49.7. The molecule has 0 bridgehead atoms. The van der Waals surface area contributed by atoms with Crippen LogP contribution in [-0.2, 0) is 23.8 Å². The minimum absolute atomic E-state index is 0.0487. The second-order valence-corrected chi connectivity index (χ2v) is 17.0. The van der Waals surface area contributed by atoms with Gasteiger partial charge in [-0.3, -0.25) is 9.59 Å². The van der Waals surface area contributed by atoms with Gasteiger partial charge in [0.25, 0.3) is 0 Å². The topological polar surface area (TPSA) is 61.8 Å². The fourth-order valence-electron chi connectivity index (χ4n) is 7.05. The van der Waals surface area contributed by atoms with E-state index in [-0.39, 0.29) is 25.2 Å². The number of carbonyl (C=O) groups is 2. The average Bonchev–Trinajstić information content (AvgIpc) is 3.27. The lowest BCUT2D eigenvalue weighted by Gasteiger charge is -2.18. The maximum Gasteiger partial charge on any atom is 0.306 e. The standard InChI is InChI=1S/C57H98O5/c1-4-7-10-13-16-19-22-25-27-29-30-33-35-38-41-44-47-50-56(58)61-54-55(62-57(59)51-48-45-42-39-36-32-24-21-18-15-12-9-6-3)53-60-52-49-46-43-40-37-34-31-28-26-23-20-17-14-11-8-5-2/h7,10,12,15-16,19,21,24-25,27,30,33,38,41,55H,4-6,8-9,11,13-14,17-18,20,22-23,26,28-29,31-32,34-37,39-40,42-54H2,1-3H3/b10-7-,15-12-,19-16-,24-21-,27-25-,33-30-,41-38-. The summed E-state index contributed by atoms with van der Waals surface area (Å²) < 4.78 is 17.4. The lowest BCUT2D eigenvalue weighted by atomic mass is 10.0. The van der Waals surface area contributed by atoms with Gasteiger partial charge in [-0.25, -0.2) is 0 Å². The summed E-state index contributed by atoms with van der Waals surface area (Å²) in [5, 5.41) is 0. The van der Waals surface area contributed by atoms with Gasteiger partial charge < -0.3 is 14.2 Å². The summed E-state index contributed by atoms with van der Waals surface area (Å²) >= 11 is 0. The highest BCUT2D eigenvalue weighted by molar-refractivity contribution is 5.70. The summed E-state index contributed by atoms with van der Waals surface area (Å²) in [7, 11) is 0. The molecule has 0 aliphatic heterocycles. The third-order valence-electron chi connectivity index (χ3n) is 10.9. The summed E-state index contributed by atoms with van der Waals surface area (Å²) in [6.07, 6.45) is 68.8. The van der Waals surface area contributed by atoms with Crippen molar-refractivity contribution in [1.29, 1.82) is 0 Å². The van der Waals surface area contributed by atoms with Crippen LogP contribution in [0.1, 0.15) is 239 Å². The van der Waals surface area contributed by atoms with Crippen LogP contribution < -0.4 is 0 Å². The summed E-state index contributed by atoms with van der Waals surface area (Å²) in [5.41, 5.74) is 0. The Kier molecular flexibility index (Phi) is 50.0. The van der Waals surface area contributed by atoms with Gasteiger partial charge in [0.1, 0.15) is 6.61 Å². The molecule has 0 N–H and O–H groups in total. The van der Waals surface area contributed by atoms with Gasteiger partial charge in [-0.1, -0.05) is 228 Å². The lowest BCUT2D eigenvalue weighted by Crippen LogP contribution is -2.30. The van der Waals surface area contributed by atoms with Gasteiger partial charge in [-0.05, 0) is 83.5 Å². The minimum Gasteiger partial charge on any atom is -0.462 e. The van der Waals surface area contributed by atoms with Crippen molar-refractivity contribution < 1.29 is 23.8 Å². The first-order chi connectivity index (χ1) is 30.6. The van der Waals surface area contributed by atoms with E-state index in [1.165, 1.54) is 109 Å². The maximum atomic E-state index is 12.8. The molecule has 5 heteroatoms. The molecule has 5 nitrogen and oxygen atoms in total. The molecule has 0 radical (unpaired) electrons. The first-order valence-electron chi connectivity index (χ1n) is 26.1. The molecule has 0 aliphatic carbocycles. The number of hydrogen-bond acceptors (Lipinski definition) is 5. The zero-order valence-corrected chi connectivity index (χ0v) is 40.9. The Morgan fingerprint density at radius 1 is 0.371 bits per heavy atom. The molecule has 0 aromatic rings. The van der Waals surface area contributed by atoms with Crippen molar-refractivity contribution >= 4 is 11.9 Å². The zero-order chi connectivity index (χ0) is 44.9. The van der Waals surface area contributed by atoms with Crippen molar-refractivity contribution in [3.8, 4) is 0 Å². The van der Waals surface area contributed by atoms with Crippen molar-refractivity contribution in [3.63, 3.8) is 0 Å². The zero-order valence-electron chi connectivity index (χ0n) is 40.9. The Hall–Kier alpha value is -2.92. The highest BCUT2D eigenvalue weighted by atomic mass is 16.6. The monoisotopic (exact) mass is 863 g/mol. The third-order valence-corrected chi connectivity index (χ3v) is 10.9. The molecule has 356 valence electrons. The number of ether oxygens (including phenoxy) is 3. The second-order valence-electron chi connectivity index (χ2n) is 17.0. The van der Waals surface area contributed by atoms with Crippen LogP contribution in [0.2, 0.25) is 0 Å². The highest BCUT2D eigenvalue weighted by Crippen LogP contribution is 2.15. The molecule has 0 aliphatic rings. The van der Waals surface area contributed by atoms with Crippen molar-refractivity contribution in [2.75, 3.05) is 19.8 Å². The fourth-order valence-corrected chi connectivity index (χ4v) is 7.05. The van der Waals surface area contributed by atoms with E-state index in [0.717, 1.165) is 96.3 Å². The second kappa shape index (κ2) is 52.4. The molecule has 0 saturated carbocycles. The predicted octanol–water partition coefficient (Wildman–Crippen LogP) is 17.7. The van der Waals surface area contributed by atoms with Crippen LogP contribution in [0.15, 0.2) is 85.1 Å². The summed E-state index contributed by atoms with van der Waals surface area (Å²) in [4.78, 5) is 25.4. The number of carbonyl (C=O) groups excluding carboxylic acids is 2. The molecule has 0 amide bonds. The Labute approximate surface area is 384 Å². The first-order valence-corrected chi connectivity index (χ1v) is 26.1. The van der Waals surface area contributed by atoms with Crippen molar-refractivity contribution in [2.24, 2.45) is 0 Å². The van der Waals surface area contributed by atoms with Gasteiger partial charge in [0.2, 0.25) is 0 Å². The molecule has 0 saturated heterocycles. The van der Waals surface area contributed by atoms with Gasteiger partial charge in [0.15, 0.2) is 6.10 Å². The van der Waals surface area contributed by atoms with Gasteiger partial charge in [0, 0.05) is 19.4 Å². The number of allylic oxidation sites excluding steroid dienone is 14. The number of unbranched alkanes of at least 4 members (excludes halogenated alkanes) is 22. The van der Waals surface area contributed by atoms with E-state index in [2.05, 4.69) is 106 Å². The molecule has 0 aromatic heterocycles. The maximum absolute atomic E-state index is 12.8. The van der Waals surface area contributed by atoms with E-state index in [1.807, 2.05) is 0 Å². The number of hydrogen-bond donors (Lipinski definition) is 0. The first kappa shape index (κ1) is 59.1. The molecular formula is C57H98O5. The normalized spacial score (nSPS) is 12.9. The summed E-state index contributed by atoms with van der Waals surface area (Å²) in [6.45, 7) is 7.59. The number of esters is 2. The van der Waals surface area contributed by atoms with Crippen LogP contribution in [0.25, 0.3) is 0 Å². The highest BCUT2D eigenvalue weighted by Gasteiger charge is 2.17. The van der Waals surface area contributed by atoms with Crippen molar-refractivity contribution in [3.05, 3.63) is 85.1 Å². The minimum atomic E-state index is -0.568. The van der Waals surface area contributed by atoms with Crippen molar-refractivity contribution in [2.45, 2.75) is 245 Å². The van der Waals surface area contributed by atoms with E-state index < -0.39 is 6.10 Å². The van der Waals surface area contributed by atoms with Gasteiger partial charge >= 0.3 is 11.9 Å². The van der Waals surface area contributed by atoms with Crippen LogP contribution in [0.4, 0.5) is 0 Å². The molecule has 1 unspecified atom stereocenters. The van der Waals surface area contributed by atoms with Crippen LogP contribution in [-0.4, -0.2) is 37.9 Å². The molecule has 62 heavy (non-hydrogen) atoms. The summed E-state index contributed by atoms with van der Waals surface area (Å²) in [6, 6.07) is 0. The van der Waals surface area contributed by atoms with E-state index in [4.69, 9.17) is 14.2 Å². The van der Waals surface area contributed by atoms with E-state index in [1.54, 1.807) is 0 Å². The van der Waals surface area contributed by atoms with Crippen LogP contribution in [0, 0.1) is 0 Å². The van der Waals surface area contributed by atoms with E-state index in [9.17, 15) is 9.59 Å². The van der Waals surface area contributed by atoms with Crippen LogP contribution in [0.3, 0.4) is 0 Å². The Morgan fingerprint density at radius 3 is 1.27 bits per heavy atom. The number of rotatable bonds is 47. The van der Waals surface area contributed by atoms with Gasteiger partial charge in [-0.2, -0.15) is 0 Å². The predicted molar refractivity (Wildman–Crippen MR) is 270 cm³/mol. The Morgan fingerprint density at radius 2 is 0.774 bits per heavy atom. The molecule has 0 heterocycles. The molecular weight excluding hydrogens is 765 g/mol. The molecule has 0 spiro atoms. The molecule has 0 aromatic carbocycles. The van der Waals surface area contributed by atoms with E-state index >= 15 is 0 Å². The SMILES string of the molecule is CC/C=C\C/C=C\C/C=C\C/C=C\C/C=C\CCCC(=O)OCC(COCCCCCCCCCCCCCCCCCC)OC(=O)CCCCCCC/C=C\C/C=C\CCC. The Balaban J connectivity index is 4.36. The van der Waals surface area contributed by atoms with Gasteiger partial charge in [-0.15, -0.1) is 0 Å². The largest absolute Gasteiger partial charge is 0.462 e. The molecule has 0 rings (SSSR count). The fraction of sp³-hybridized carbons (Fsp3) is 0.719.